The Morgan fingerprint density at radius 3 is 2.52 bits per heavy atom. The van der Waals surface area contributed by atoms with Crippen LogP contribution in [0.1, 0.15) is 49.0 Å². The summed E-state index contributed by atoms with van der Waals surface area (Å²) >= 11 is 0. The number of nitrogen functional groups attached to an aromatic ring is 1. The van der Waals surface area contributed by atoms with Crippen molar-refractivity contribution in [2.45, 2.75) is 50.6 Å². The van der Waals surface area contributed by atoms with Gasteiger partial charge in [-0.3, -0.25) is 14.5 Å². The SMILES string of the molecule is Nc1ccccc1NC(=O)c1ccc(NC(=O)CC2CCN2C2CCCC2)cn1. The third kappa shape index (κ3) is 4.56. The molecule has 1 saturated heterocycles. The maximum atomic E-state index is 12.4. The van der Waals surface area contributed by atoms with E-state index in [9.17, 15) is 9.59 Å². The van der Waals surface area contributed by atoms with E-state index in [0.717, 1.165) is 13.0 Å². The van der Waals surface area contributed by atoms with Crippen molar-refractivity contribution in [3.8, 4) is 0 Å². The minimum absolute atomic E-state index is 0.00578. The van der Waals surface area contributed by atoms with Crippen LogP contribution in [0.5, 0.6) is 0 Å². The number of carbonyl (C=O) groups is 2. The zero-order valence-electron chi connectivity index (χ0n) is 16.4. The molecule has 0 bridgehead atoms. The van der Waals surface area contributed by atoms with E-state index in [1.54, 1.807) is 36.4 Å². The van der Waals surface area contributed by atoms with Crippen LogP contribution >= 0.6 is 0 Å². The van der Waals surface area contributed by atoms with E-state index in [2.05, 4.69) is 20.5 Å². The number of aromatic nitrogens is 1. The molecule has 2 amide bonds. The predicted molar refractivity (Wildman–Crippen MR) is 114 cm³/mol. The van der Waals surface area contributed by atoms with Gasteiger partial charge in [-0.2, -0.15) is 0 Å². The van der Waals surface area contributed by atoms with Crippen LogP contribution in [0, 0.1) is 0 Å². The fourth-order valence-electron chi connectivity index (χ4n) is 4.22. The normalized spacial score (nSPS) is 19.5. The van der Waals surface area contributed by atoms with Crippen LogP contribution in [0.2, 0.25) is 0 Å². The fraction of sp³-hybridized carbons (Fsp3) is 0.409. The summed E-state index contributed by atoms with van der Waals surface area (Å²) in [7, 11) is 0. The average Bonchev–Trinajstić information content (AvgIpc) is 3.21. The molecule has 1 atom stereocenters. The highest BCUT2D eigenvalue weighted by Crippen LogP contribution is 2.32. The van der Waals surface area contributed by atoms with Gasteiger partial charge in [0.2, 0.25) is 5.91 Å². The molecule has 7 nitrogen and oxygen atoms in total. The lowest BCUT2D eigenvalue weighted by Crippen LogP contribution is -2.53. The van der Waals surface area contributed by atoms with Gasteiger partial charge in [0.1, 0.15) is 5.69 Å². The number of nitrogens with one attached hydrogen (secondary N) is 2. The maximum Gasteiger partial charge on any atom is 0.274 e. The predicted octanol–water partition coefficient (Wildman–Crippen LogP) is 3.26. The van der Waals surface area contributed by atoms with Crippen molar-refractivity contribution in [1.82, 2.24) is 9.88 Å². The second-order valence-electron chi connectivity index (χ2n) is 7.84. The standard InChI is InChI=1S/C22H27N5O2/c23-18-7-3-4-8-19(18)26-22(29)20-10-9-15(14-24-20)25-21(28)13-17-11-12-27(17)16-5-1-2-6-16/h3-4,7-10,14,16-17H,1-2,5-6,11-13,23H2,(H,25,28)(H,26,29). The molecular weight excluding hydrogens is 366 g/mol. The van der Waals surface area contributed by atoms with Gasteiger partial charge < -0.3 is 16.4 Å². The molecule has 0 spiro atoms. The van der Waals surface area contributed by atoms with Gasteiger partial charge >= 0.3 is 0 Å². The van der Waals surface area contributed by atoms with Gasteiger partial charge in [-0.15, -0.1) is 0 Å². The Kier molecular flexibility index (Phi) is 5.76. The summed E-state index contributed by atoms with van der Waals surface area (Å²) in [4.78, 5) is 31.4. The van der Waals surface area contributed by atoms with Crippen LogP contribution in [0.4, 0.5) is 17.1 Å². The van der Waals surface area contributed by atoms with Crippen molar-refractivity contribution in [2.24, 2.45) is 0 Å². The molecule has 1 saturated carbocycles. The minimum Gasteiger partial charge on any atom is -0.397 e. The van der Waals surface area contributed by atoms with Gasteiger partial charge in [0.05, 0.1) is 23.3 Å². The molecule has 152 valence electrons. The van der Waals surface area contributed by atoms with Crippen LogP contribution < -0.4 is 16.4 Å². The molecule has 2 fully saturated rings. The largest absolute Gasteiger partial charge is 0.397 e. The van der Waals surface area contributed by atoms with Crippen LogP contribution in [-0.4, -0.2) is 40.3 Å². The van der Waals surface area contributed by atoms with Crippen molar-refractivity contribution >= 4 is 28.9 Å². The van der Waals surface area contributed by atoms with Crippen LogP contribution in [-0.2, 0) is 4.79 Å². The Hall–Kier alpha value is -2.93. The lowest BCUT2D eigenvalue weighted by atomic mass is 9.95. The van der Waals surface area contributed by atoms with Gasteiger partial charge in [0, 0.05) is 25.0 Å². The number of carbonyl (C=O) groups excluding carboxylic acids is 2. The molecule has 2 heterocycles. The summed E-state index contributed by atoms with van der Waals surface area (Å²) in [6, 6.07) is 11.4. The highest BCUT2D eigenvalue weighted by molar-refractivity contribution is 6.04. The Morgan fingerprint density at radius 2 is 1.86 bits per heavy atom. The van der Waals surface area contributed by atoms with E-state index < -0.39 is 0 Å². The summed E-state index contributed by atoms with van der Waals surface area (Å²) < 4.78 is 0. The van der Waals surface area contributed by atoms with E-state index in [-0.39, 0.29) is 17.5 Å². The lowest BCUT2D eigenvalue weighted by Gasteiger charge is -2.45. The van der Waals surface area contributed by atoms with E-state index in [4.69, 9.17) is 5.73 Å². The fourth-order valence-corrected chi connectivity index (χ4v) is 4.22. The zero-order valence-corrected chi connectivity index (χ0v) is 16.4. The summed E-state index contributed by atoms with van der Waals surface area (Å²) in [6.45, 7) is 1.11. The molecule has 0 radical (unpaired) electrons. The quantitative estimate of drug-likeness (QED) is 0.654. The molecule has 29 heavy (non-hydrogen) atoms. The maximum absolute atomic E-state index is 12.4. The minimum atomic E-state index is -0.345. The third-order valence-corrected chi connectivity index (χ3v) is 5.89. The number of nitrogens with two attached hydrogens (primary N) is 1. The highest BCUT2D eigenvalue weighted by atomic mass is 16.2. The Labute approximate surface area is 170 Å². The molecule has 1 aromatic heterocycles. The molecule has 1 aliphatic heterocycles. The molecule has 1 aliphatic carbocycles. The number of likely N-dealkylation sites (tertiary alicyclic amines) is 1. The number of hydrogen-bond donors (Lipinski definition) is 3. The van der Waals surface area contributed by atoms with Crippen molar-refractivity contribution in [2.75, 3.05) is 22.9 Å². The number of amides is 2. The van der Waals surface area contributed by atoms with Gasteiger partial charge in [-0.25, -0.2) is 4.98 Å². The summed E-state index contributed by atoms with van der Waals surface area (Å²) in [5.74, 6) is -0.351. The second kappa shape index (κ2) is 8.61. The molecule has 2 aromatic rings. The topological polar surface area (TPSA) is 100 Å². The smallest absolute Gasteiger partial charge is 0.274 e. The first-order valence-electron chi connectivity index (χ1n) is 10.3. The molecule has 4 rings (SSSR count). The van der Waals surface area contributed by atoms with E-state index in [1.807, 2.05) is 0 Å². The zero-order chi connectivity index (χ0) is 20.2. The first kappa shape index (κ1) is 19.4. The van der Waals surface area contributed by atoms with Crippen molar-refractivity contribution in [3.63, 3.8) is 0 Å². The molecule has 2 aliphatic rings. The Bertz CT molecular complexity index is 877. The molecule has 1 unspecified atom stereocenters. The second-order valence-corrected chi connectivity index (χ2v) is 7.84. The van der Waals surface area contributed by atoms with Crippen molar-refractivity contribution in [1.29, 1.82) is 0 Å². The van der Waals surface area contributed by atoms with Gasteiger partial charge in [-0.1, -0.05) is 25.0 Å². The van der Waals surface area contributed by atoms with E-state index >= 15 is 0 Å². The van der Waals surface area contributed by atoms with Crippen molar-refractivity contribution < 1.29 is 9.59 Å². The lowest BCUT2D eigenvalue weighted by molar-refractivity contribution is -0.119. The van der Waals surface area contributed by atoms with Gasteiger partial charge in [0.15, 0.2) is 0 Å². The molecule has 7 heteroatoms. The third-order valence-electron chi connectivity index (χ3n) is 5.89. The summed E-state index contributed by atoms with van der Waals surface area (Å²) in [5, 5.41) is 5.64. The number of anilines is 3. The number of nitrogens with zero attached hydrogens (tertiary/aromatic N) is 2. The number of benzene rings is 1. The van der Waals surface area contributed by atoms with Gasteiger partial charge in [-0.05, 0) is 43.5 Å². The van der Waals surface area contributed by atoms with E-state index in [0.29, 0.717) is 35.6 Å². The highest BCUT2D eigenvalue weighted by Gasteiger charge is 2.36. The molecule has 4 N–H and O–H groups in total. The first-order valence-corrected chi connectivity index (χ1v) is 10.3. The summed E-state index contributed by atoms with van der Waals surface area (Å²) in [6.07, 6.45) is 8.25. The van der Waals surface area contributed by atoms with Crippen LogP contribution in [0.3, 0.4) is 0 Å². The Balaban J connectivity index is 1.29. The van der Waals surface area contributed by atoms with Gasteiger partial charge in [0.25, 0.3) is 5.91 Å². The number of rotatable bonds is 6. The van der Waals surface area contributed by atoms with Crippen LogP contribution in [0.15, 0.2) is 42.6 Å². The van der Waals surface area contributed by atoms with E-state index in [1.165, 1.54) is 31.9 Å². The Morgan fingerprint density at radius 1 is 1.07 bits per heavy atom. The number of para-hydroxylation sites is 2. The molecular formula is C22H27N5O2. The number of pyridine rings is 1. The molecule has 1 aromatic carbocycles. The monoisotopic (exact) mass is 393 g/mol. The van der Waals surface area contributed by atoms with Crippen LogP contribution in [0.25, 0.3) is 0 Å². The summed E-state index contributed by atoms with van der Waals surface area (Å²) in [5.41, 5.74) is 7.74. The number of hydrogen-bond acceptors (Lipinski definition) is 5. The average molecular weight is 393 g/mol. The van der Waals surface area contributed by atoms with Crippen molar-refractivity contribution in [3.05, 3.63) is 48.3 Å². The first-order chi connectivity index (χ1) is 14.1.